The van der Waals surface area contributed by atoms with Crippen LogP contribution in [0.25, 0.3) is 0 Å². The van der Waals surface area contributed by atoms with E-state index >= 15 is 0 Å². The normalized spacial score (nSPS) is 5.20. The van der Waals surface area contributed by atoms with Gasteiger partial charge in [0, 0.05) is 7.11 Å². The van der Waals surface area contributed by atoms with Gasteiger partial charge < -0.3 is 51.1 Å². The van der Waals surface area contributed by atoms with Crippen molar-refractivity contribution in [2.75, 3.05) is 7.11 Å². The van der Waals surface area contributed by atoms with Crippen LogP contribution in [0, 0.1) is 46.0 Å². The van der Waals surface area contributed by atoms with Gasteiger partial charge in [-0.3, -0.25) is 0 Å². The molecule has 86 valence electrons. The van der Waals surface area contributed by atoms with Crippen molar-refractivity contribution in [3.05, 3.63) is 46.0 Å². The van der Waals surface area contributed by atoms with Crippen molar-refractivity contribution in [1.82, 2.24) is 0 Å². The molecule has 0 aliphatic carbocycles. The Morgan fingerprint density at radius 2 is 0.667 bits per heavy atom. The third-order valence-corrected chi connectivity index (χ3v) is 0. The second-order valence-electron chi connectivity index (χ2n) is 0.671. The van der Waals surface area contributed by atoms with E-state index in [1.165, 1.54) is 0 Å². The minimum Gasteiger partial charge on any atom is -0.400 e. The fourth-order valence-corrected chi connectivity index (χ4v) is 0. The summed E-state index contributed by atoms with van der Waals surface area (Å²) in [6.45, 7) is 0. The minimum absolute atomic E-state index is 0. The maximum absolute atomic E-state index is 8.25. The summed E-state index contributed by atoms with van der Waals surface area (Å²) in [4.78, 5) is 24.8. The molecule has 0 aromatic heterocycles. The summed E-state index contributed by atoms with van der Waals surface area (Å²) in [5.74, 6) is 0. The first-order chi connectivity index (χ1) is 6.20. The molecule has 14 heteroatoms. The molecule has 0 saturated heterocycles. The number of nitrogens with zero attached hydrogens (tertiary/aromatic N) is 3. The Labute approximate surface area is 99.7 Å². The van der Waals surface area contributed by atoms with Gasteiger partial charge in [-0.05, 0) is 0 Å². The second-order valence-corrected chi connectivity index (χ2v) is 0.671. The molecule has 0 aliphatic rings. The van der Waals surface area contributed by atoms with Crippen LogP contribution in [0.4, 0.5) is 0 Å². The largest absolute Gasteiger partial charge is 3.00 e. The Kier molecular flexibility index (Phi) is 57.3. The van der Waals surface area contributed by atoms with Crippen molar-refractivity contribution in [3.63, 3.8) is 0 Å². The Hall–Kier alpha value is -1.57. The predicted molar refractivity (Wildman–Crippen MR) is 39.2 cm³/mol. The van der Waals surface area contributed by atoms with Crippen molar-refractivity contribution in [2.24, 2.45) is 0 Å². The molecule has 15 heavy (non-hydrogen) atoms. The Balaban J connectivity index is -0.0000000298. The molecule has 0 saturated carbocycles. The molecule has 0 unspecified atom stereocenters. The number of hydrogen-bond acceptors (Lipinski definition) is 10. The van der Waals surface area contributed by atoms with E-state index in [2.05, 4.69) is 0 Å². The van der Waals surface area contributed by atoms with E-state index in [4.69, 9.17) is 51.1 Å². The van der Waals surface area contributed by atoms with Crippen LogP contribution >= 0.6 is 0 Å². The first-order valence-corrected chi connectivity index (χ1v) is 2.09. The van der Waals surface area contributed by atoms with Crippen molar-refractivity contribution in [2.45, 2.75) is 0 Å². The minimum atomic E-state index is -1.75. The van der Waals surface area contributed by atoms with E-state index in [-0.39, 0.29) is 25.8 Å². The summed E-state index contributed by atoms with van der Waals surface area (Å²) < 4.78 is 0. The van der Waals surface area contributed by atoms with Gasteiger partial charge in [0.25, 0.3) is 0 Å². The van der Waals surface area contributed by atoms with Crippen LogP contribution in [-0.4, -0.2) is 27.5 Å². The Bertz CT molecular complexity index is 118. The molecule has 0 aromatic rings. The molecular weight excluding hydrogens is 259 g/mol. The van der Waals surface area contributed by atoms with Gasteiger partial charge in [0.15, 0.2) is 0 Å². The van der Waals surface area contributed by atoms with Crippen LogP contribution in [0.5, 0.6) is 0 Å². The molecule has 0 heterocycles. The van der Waals surface area contributed by atoms with E-state index in [1.807, 2.05) is 0 Å². The third kappa shape index (κ3) is 549. The molecule has 0 spiro atoms. The van der Waals surface area contributed by atoms with Gasteiger partial charge in [0.2, 0.25) is 0 Å². The van der Waals surface area contributed by atoms with Crippen molar-refractivity contribution in [1.29, 1.82) is 0 Å². The van der Waals surface area contributed by atoms with Crippen LogP contribution in [0.3, 0.4) is 0 Å². The molecule has 0 aromatic carbocycles. The smallest absolute Gasteiger partial charge is 0.400 e. The fraction of sp³-hybridized carbons (Fsp3) is 1.00. The van der Waals surface area contributed by atoms with Gasteiger partial charge in [0.05, 0.1) is 15.3 Å². The Morgan fingerprint density at radius 1 is 0.667 bits per heavy atom. The number of hydrogen-bond donors (Lipinski definition) is 1. The molecule has 1 N–H and O–H groups in total. The molecule has 0 aliphatic heterocycles. The molecular formula is CH4N3O10Sc. The molecule has 0 fully saturated rings. The SMILES string of the molecule is CO.O=[N+]([O-])[O-].O=[N+]([O-])[O-].O=[N+]([O-])[O-].[Sc+3]. The van der Waals surface area contributed by atoms with Gasteiger partial charge in [0.1, 0.15) is 0 Å². The second kappa shape index (κ2) is 29.4. The summed E-state index contributed by atoms with van der Waals surface area (Å²) in [7, 11) is 1.00. The summed E-state index contributed by atoms with van der Waals surface area (Å²) in [5.41, 5.74) is 0. The van der Waals surface area contributed by atoms with Crippen molar-refractivity contribution >= 4 is 0 Å². The van der Waals surface area contributed by atoms with Crippen LogP contribution in [0.1, 0.15) is 0 Å². The zero-order chi connectivity index (χ0) is 12.7. The van der Waals surface area contributed by atoms with Gasteiger partial charge >= 0.3 is 25.8 Å². The molecule has 13 nitrogen and oxygen atoms in total. The fourth-order valence-electron chi connectivity index (χ4n) is 0. The van der Waals surface area contributed by atoms with Crippen molar-refractivity contribution in [3.8, 4) is 0 Å². The standard InChI is InChI=1S/CH4O.3NO3.Sc/c1-2;3*2-1(3)4;/h2H,1H3;;;;/q;3*-1;+3. The Morgan fingerprint density at radius 3 is 0.667 bits per heavy atom. The summed E-state index contributed by atoms with van der Waals surface area (Å²) in [5, 5.41) is 51.2. The zero-order valence-corrected chi connectivity index (χ0v) is 8.84. The molecule has 0 bridgehead atoms. The maximum atomic E-state index is 8.25. The average Bonchev–Trinajstić information content (AvgIpc) is 1.86. The van der Waals surface area contributed by atoms with Crippen LogP contribution in [0.15, 0.2) is 0 Å². The van der Waals surface area contributed by atoms with Gasteiger partial charge in [-0.15, -0.1) is 0 Å². The maximum Gasteiger partial charge on any atom is 3.00 e. The van der Waals surface area contributed by atoms with Gasteiger partial charge in [-0.1, -0.05) is 0 Å². The van der Waals surface area contributed by atoms with Crippen LogP contribution in [-0.2, 0) is 25.8 Å². The monoisotopic (exact) mass is 263 g/mol. The predicted octanol–water partition coefficient (Wildman–Crippen LogP) is -1.11. The number of aliphatic hydroxyl groups excluding tert-OH is 1. The molecule has 0 atom stereocenters. The van der Waals surface area contributed by atoms with Gasteiger partial charge in [-0.25, -0.2) is 0 Å². The van der Waals surface area contributed by atoms with Crippen molar-refractivity contribution < 1.29 is 46.2 Å². The molecule has 0 rings (SSSR count). The topological polar surface area (TPSA) is 219 Å². The van der Waals surface area contributed by atoms with Crippen LogP contribution in [0.2, 0.25) is 0 Å². The van der Waals surface area contributed by atoms with E-state index in [0.717, 1.165) is 7.11 Å². The van der Waals surface area contributed by atoms with Crippen LogP contribution < -0.4 is 0 Å². The van der Waals surface area contributed by atoms with E-state index in [1.54, 1.807) is 0 Å². The number of aliphatic hydroxyl groups is 1. The third-order valence-electron chi connectivity index (χ3n) is 0. The van der Waals surface area contributed by atoms with E-state index < -0.39 is 15.3 Å². The van der Waals surface area contributed by atoms with E-state index in [0.29, 0.717) is 0 Å². The molecule has 0 radical (unpaired) electrons. The first kappa shape index (κ1) is 29.2. The average molecular weight is 263 g/mol. The number of rotatable bonds is 0. The summed E-state index contributed by atoms with van der Waals surface area (Å²) in [6, 6.07) is 0. The summed E-state index contributed by atoms with van der Waals surface area (Å²) in [6.07, 6.45) is 0. The van der Waals surface area contributed by atoms with E-state index in [9.17, 15) is 0 Å². The van der Waals surface area contributed by atoms with Gasteiger partial charge in [-0.2, -0.15) is 0 Å². The summed E-state index contributed by atoms with van der Waals surface area (Å²) >= 11 is 0. The quantitative estimate of drug-likeness (QED) is 0.409. The zero-order valence-electron chi connectivity index (χ0n) is 7.04. The molecule has 0 amide bonds. The first-order valence-electron chi connectivity index (χ1n) is 2.09.